The summed E-state index contributed by atoms with van der Waals surface area (Å²) in [5, 5.41) is 0. The summed E-state index contributed by atoms with van der Waals surface area (Å²) in [6, 6.07) is 4.61. The second-order valence-electron chi connectivity index (χ2n) is 4.12. The van der Waals surface area contributed by atoms with E-state index in [-0.39, 0.29) is 17.1 Å². The Morgan fingerprint density at radius 2 is 1.86 bits per heavy atom. The molecule has 21 heavy (non-hydrogen) atoms. The minimum Gasteiger partial charge on any atom is -0.464 e. The lowest BCUT2D eigenvalue weighted by atomic mass is 10.1. The van der Waals surface area contributed by atoms with Crippen LogP contribution >= 0.6 is 0 Å². The van der Waals surface area contributed by atoms with Crippen LogP contribution in [0.2, 0.25) is 0 Å². The molecule has 0 spiro atoms. The third-order valence-electron chi connectivity index (χ3n) is 2.80. The van der Waals surface area contributed by atoms with E-state index in [2.05, 4.69) is 14.5 Å². The highest BCUT2D eigenvalue weighted by atomic mass is 19.1. The second kappa shape index (κ2) is 5.74. The van der Waals surface area contributed by atoms with Crippen molar-refractivity contribution in [1.82, 2.24) is 4.98 Å². The van der Waals surface area contributed by atoms with Crippen LogP contribution < -0.4 is 0 Å². The van der Waals surface area contributed by atoms with Gasteiger partial charge in [0, 0.05) is 0 Å². The molecule has 1 heterocycles. The average molecular weight is 293 g/mol. The molecule has 110 valence electrons. The smallest absolute Gasteiger partial charge is 0.376 e. The number of esters is 2. The normalized spacial score (nSPS) is 10.3. The van der Waals surface area contributed by atoms with Gasteiger partial charge in [0.1, 0.15) is 5.82 Å². The van der Waals surface area contributed by atoms with Crippen molar-refractivity contribution in [2.75, 3.05) is 14.2 Å². The van der Waals surface area contributed by atoms with Crippen molar-refractivity contribution in [1.29, 1.82) is 0 Å². The monoisotopic (exact) mass is 293 g/mol. The Hall–Kier alpha value is -2.70. The van der Waals surface area contributed by atoms with Gasteiger partial charge in [0.2, 0.25) is 17.3 Å². The lowest BCUT2D eigenvalue weighted by molar-refractivity contribution is 0.0527. The number of ether oxygens (including phenoxy) is 2. The molecule has 2 rings (SSSR count). The fraction of sp³-hybridized carbons (Fsp3) is 0.214. The van der Waals surface area contributed by atoms with E-state index >= 15 is 0 Å². The standard InChI is InChI=1S/C14H12FNO5/c1-7-5-4-6-8(9(7)15)12-16-10(13(17)19-2)11(21-12)14(18)20-3/h4-6H,1-3H3. The average Bonchev–Trinajstić information content (AvgIpc) is 2.93. The van der Waals surface area contributed by atoms with Crippen molar-refractivity contribution in [2.45, 2.75) is 6.92 Å². The molecule has 2 aromatic rings. The van der Waals surface area contributed by atoms with E-state index in [1.807, 2.05) is 0 Å². The van der Waals surface area contributed by atoms with Crippen molar-refractivity contribution >= 4 is 11.9 Å². The number of nitrogens with zero attached hydrogens (tertiary/aromatic N) is 1. The highest BCUT2D eigenvalue weighted by Crippen LogP contribution is 2.27. The Morgan fingerprint density at radius 3 is 2.48 bits per heavy atom. The summed E-state index contributed by atoms with van der Waals surface area (Å²) in [6.45, 7) is 1.57. The lowest BCUT2D eigenvalue weighted by Gasteiger charge is -2.00. The van der Waals surface area contributed by atoms with Gasteiger partial charge in [0.05, 0.1) is 19.8 Å². The van der Waals surface area contributed by atoms with Crippen LogP contribution in [-0.2, 0) is 9.47 Å². The molecule has 7 heteroatoms. The van der Waals surface area contributed by atoms with Crippen molar-refractivity contribution in [3.63, 3.8) is 0 Å². The number of halogens is 1. The maximum atomic E-state index is 14.1. The number of aromatic nitrogens is 1. The molecular formula is C14H12FNO5. The summed E-state index contributed by atoms with van der Waals surface area (Å²) in [7, 11) is 2.25. The van der Waals surface area contributed by atoms with Crippen molar-refractivity contribution in [3.05, 3.63) is 41.0 Å². The van der Waals surface area contributed by atoms with Crippen LogP contribution in [0.1, 0.15) is 26.6 Å². The minimum absolute atomic E-state index is 0.0373. The van der Waals surface area contributed by atoms with E-state index in [1.165, 1.54) is 6.07 Å². The van der Waals surface area contributed by atoms with Crippen molar-refractivity contribution in [3.8, 4) is 11.5 Å². The van der Waals surface area contributed by atoms with Crippen LogP contribution in [0.25, 0.3) is 11.5 Å². The molecule has 0 fully saturated rings. The fourth-order valence-electron chi connectivity index (χ4n) is 1.71. The highest BCUT2D eigenvalue weighted by molar-refractivity contribution is 6.00. The summed E-state index contributed by atoms with van der Waals surface area (Å²) < 4.78 is 28.3. The summed E-state index contributed by atoms with van der Waals surface area (Å²) >= 11 is 0. The number of carbonyl (C=O) groups excluding carboxylic acids is 2. The molecule has 1 aromatic carbocycles. The van der Waals surface area contributed by atoms with Gasteiger partial charge >= 0.3 is 11.9 Å². The number of hydrogen-bond acceptors (Lipinski definition) is 6. The van der Waals surface area contributed by atoms with E-state index in [1.54, 1.807) is 19.1 Å². The summed E-state index contributed by atoms with van der Waals surface area (Å²) in [6.07, 6.45) is 0. The maximum Gasteiger partial charge on any atom is 0.376 e. The molecule has 0 N–H and O–H groups in total. The molecule has 0 aliphatic carbocycles. The first kappa shape index (κ1) is 14.7. The lowest BCUT2D eigenvalue weighted by Crippen LogP contribution is -2.10. The molecule has 0 unspecified atom stereocenters. The van der Waals surface area contributed by atoms with Gasteiger partial charge in [-0.05, 0) is 18.6 Å². The van der Waals surface area contributed by atoms with Gasteiger partial charge in [0.15, 0.2) is 0 Å². The number of hydrogen-bond donors (Lipinski definition) is 0. The van der Waals surface area contributed by atoms with Crippen LogP contribution in [0.4, 0.5) is 4.39 Å². The first-order chi connectivity index (χ1) is 9.99. The highest BCUT2D eigenvalue weighted by Gasteiger charge is 2.28. The Balaban J connectivity index is 2.61. The number of methoxy groups -OCH3 is 2. The summed E-state index contributed by atoms with van der Waals surface area (Å²) in [5.41, 5.74) is 0.0560. The SMILES string of the molecule is COC(=O)c1nc(-c2cccc(C)c2F)oc1C(=O)OC. The largest absolute Gasteiger partial charge is 0.464 e. The molecule has 0 atom stereocenters. The zero-order valence-corrected chi connectivity index (χ0v) is 11.6. The molecule has 0 aliphatic rings. The van der Waals surface area contributed by atoms with Crippen molar-refractivity contribution < 1.29 is 27.9 Å². The molecule has 6 nitrogen and oxygen atoms in total. The zero-order chi connectivity index (χ0) is 15.6. The number of aryl methyl sites for hydroxylation is 1. The molecule has 0 radical (unpaired) electrons. The van der Waals surface area contributed by atoms with Gasteiger partial charge in [-0.2, -0.15) is 0 Å². The summed E-state index contributed by atoms with van der Waals surface area (Å²) in [4.78, 5) is 27.0. The van der Waals surface area contributed by atoms with Gasteiger partial charge < -0.3 is 13.9 Å². The zero-order valence-electron chi connectivity index (χ0n) is 11.6. The van der Waals surface area contributed by atoms with Crippen molar-refractivity contribution in [2.24, 2.45) is 0 Å². The van der Waals surface area contributed by atoms with Crippen LogP contribution in [-0.4, -0.2) is 31.1 Å². The topological polar surface area (TPSA) is 78.6 Å². The number of benzene rings is 1. The van der Waals surface area contributed by atoms with E-state index in [4.69, 9.17) is 4.42 Å². The van der Waals surface area contributed by atoms with Crippen LogP contribution in [0.15, 0.2) is 22.6 Å². The first-order valence-corrected chi connectivity index (χ1v) is 5.92. The molecule has 0 bridgehead atoms. The Bertz CT molecular complexity index is 674. The van der Waals surface area contributed by atoms with E-state index < -0.39 is 23.5 Å². The Kier molecular flexibility index (Phi) is 4.02. The van der Waals surface area contributed by atoms with Gasteiger partial charge in [0.25, 0.3) is 0 Å². The molecular weight excluding hydrogens is 281 g/mol. The molecule has 0 saturated heterocycles. The number of oxazole rings is 1. The fourth-order valence-corrected chi connectivity index (χ4v) is 1.71. The van der Waals surface area contributed by atoms with Gasteiger partial charge in [-0.3, -0.25) is 0 Å². The van der Waals surface area contributed by atoms with Crippen LogP contribution in [0.5, 0.6) is 0 Å². The number of carbonyl (C=O) groups is 2. The van der Waals surface area contributed by atoms with E-state index in [0.29, 0.717) is 5.56 Å². The van der Waals surface area contributed by atoms with Crippen LogP contribution in [0, 0.1) is 12.7 Å². The van der Waals surface area contributed by atoms with Gasteiger partial charge in [-0.15, -0.1) is 0 Å². The quantitative estimate of drug-likeness (QED) is 0.808. The Morgan fingerprint density at radius 1 is 1.19 bits per heavy atom. The minimum atomic E-state index is -0.901. The van der Waals surface area contributed by atoms with E-state index in [9.17, 15) is 14.0 Å². The maximum absolute atomic E-state index is 14.1. The first-order valence-electron chi connectivity index (χ1n) is 5.92. The third-order valence-corrected chi connectivity index (χ3v) is 2.80. The van der Waals surface area contributed by atoms with E-state index in [0.717, 1.165) is 14.2 Å². The predicted octanol–water partition coefficient (Wildman–Crippen LogP) is 2.36. The molecule has 0 amide bonds. The number of rotatable bonds is 3. The molecule has 1 aromatic heterocycles. The Labute approximate surface area is 119 Å². The van der Waals surface area contributed by atoms with Gasteiger partial charge in [-0.25, -0.2) is 19.0 Å². The van der Waals surface area contributed by atoms with Crippen LogP contribution in [0.3, 0.4) is 0 Å². The van der Waals surface area contributed by atoms with Gasteiger partial charge in [-0.1, -0.05) is 12.1 Å². The predicted molar refractivity (Wildman–Crippen MR) is 69.3 cm³/mol. The summed E-state index contributed by atoms with van der Waals surface area (Å²) in [5.74, 6) is -2.95. The third kappa shape index (κ3) is 2.62. The molecule has 0 aliphatic heterocycles. The molecule has 0 saturated carbocycles. The second-order valence-corrected chi connectivity index (χ2v) is 4.12.